The van der Waals surface area contributed by atoms with Crippen molar-refractivity contribution < 1.29 is 13.2 Å². The van der Waals surface area contributed by atoms with Gasteiger partial charge in [-0.3, -0.25) is 9.78 Å². The van der Waals surface area contributed by atoms with E-state index in [0.717, 1.165) is 23.1 Å². The number of sulfonamides is 1. The van der Waals surface area contributed by atoms with Crippen LogP contribution in [-0.4, -0.2) is 47.8 Å². The van der Waals surface area contributed by atoms with E-state index in [4.69, 9.17) is 5.73 Å². The van der Waals surface area contributed by atoms with E-state index in [1.165, 1.54) is 6.20 Å². The van der Waals surface area contributed by atoms with Crippen molar-refractivity contribution >= 4 is 27.1 Å². The van der Waals surface area contributed by atoms with Crippen LogP contribution in [0.4, 0.5) is 5.69 Å². The second-order valence-corrected chi connectivity index (χ2v) is 10.3. The summed E-state index contributed by atoms with van der Waals surface area (Å²) in [5.74, 6) is -0.600. The van der Waals surface area contributed by atoms with Gasteiger partial charge in [0.25, 0.3) is 5.91 Å². The Bertz CT molecular complexity index is 1220. The Morgan fingerprint density at radius 3 is 2.55 bits per heavy atom. The molecule has 3 aromatic rings. The smallest absolute Gasteiger partial charge is 0.252 e. The quantitative estimate of drug-likeness (QED) is 0.488. The van der Waals surface area contributed by atoms with Crippen molar-refractivity contribution in [3.63, 3.8) is 0 Å². The number of carbonyl (C=O) groups excluding carboxylic acids is 1. The highest BCUT2D eigenvalue weighted by atomic mass is 32.2. The Morgan fingerprint density at radius 1 is 1.26 bits per heavy atom. The molecule has 1 amide bonds. The van der Waals surface area contributed by atoms with Gasteiger partial charge in [0.15, 0.2) is 0 Å². The van der Waals surface area contributed by atoms with Gasteiger partial charge in [-0.1, -0.05) is 19.9 Å². The van der Waals surface area contributed by atoms with Crippen molar-refractivity contribution in [3.05, 3.63) is 48.0 Å². The number of amides is 1. The van der Waals surface area contributed by atoms with Gasteiger partial charge in [0.1, 0.15) is 0 Å². The highest BCUT2D eigenvalue weighted by molar-refractivity contribution is 7.88. The Labute approximate surface area is 182 Å². The molecule has 3 aromatic heterocycles. The number of nitrogens with one attached hydrogen (secondary N) is 2. The van der Waals surface area contributed by atoms with Gasteiger partial charge >= 0.3 is 0 Å². The number of primary amides is 1. The van der Waals surface area contributed by atoms with Crippen LogP contribution < -0.4 is 15.8 Å². The van der Waals surface area contributed by atoms with Crippen molar-refractivity contribution in [3.8, 4) is 11.1 Å². The maximum atomic E-state index is 12.1. The average Bonchev–Trinajstić information content (AvgIpc) is 3.11. The van der Waals surface area contributed by atoms with Crippen LogP contribution in [-0.2, 0) is 10.0 Å². The number of nitrogens with zero attached hydrogens (tertiary/aromatic N) is 3. The van der Waals surface area contributed by atoms with Crippen LogP contribution in [0.5, 0.6) is 0 Å². The van der Waals surface area contributed by atoms with E-state index >= 15 is 0 Å². The minimum Gasteiger partial charge on any atom is -0.380 e. The minimum atomic E-state index is -3.32. The van der Waals surface area contributed by atoms with E-state index in [2.05, 4.69) is 20.1 Å². The normalized spacial score (nSPS) is 13.3. The summed E-state index contributed by atoms with van der Waals surface area (Å²) in [5.41, 5.74) is 9.39. The fourth-order valence-electron chi connectivity index (χ4n) is 3.07. The summed E-state index contributed by atoms with van der Waals surface area (Å²) in [5, 5.41) is 7.70. The van der Waals surface area contributed by atoms with Crippen LogP contribution in [0.2, 0.25) is 0 Å². The lowest BCUT2D eigenvalue weighted by atomic mass is 9.85. The molecule has 0 aliphatic rings. The van der Waals surface area contributed by atoms with Crippen molar-refractivity contribution in [2.45, 2.75) is 33.7 Å². The number of aromatic nitrogens is 3. The number of hydrogen-bond donors (Lipinski definition) is 3. The first kappa shape index (κ1) is 22.7. The van der Waals surface area contributed by atoms with E-state index in [9.17, 15) is 13.2 Å². The summed E-state index contributed by atoms with van der Waals surface area (Å²) in [6, 6.07) is 5.62. The zero-order valence-corrected chi connectivity index (χ0v) is 19.1. The Kier molecular flexibility index (Phi) is 6.06. The largest absolute Gasteiger partial charge is 0.380 e. The molecule has 1 unspecified atom stereocenters. The molecule has 0 saturated carbocycles. The van der Waals surface area contributed by atoms with Gasteiger partial charge in [-0.2, -0.15) is 5.10 Å². The van der Waals surface area contributed by atoms with E-state index in [1.54, 1.807) is 10.7 Å². The third-order valence-corrected chi connectivity index (χ3v) is 6.14. The standard InChI is InChI=1S/C21H28N6O3S/c1-13-6-7-15(9-23-13)16-8-18-19(17(20(22)28)10-24-27(18)11-16)26-14(2)21(3,4)12-25-31(5,29)30/h6-11,14,25-26H,12H2,1-5H3,(H2,22,28). The lowest BCUT2D eigenvalue weighted by Gasteiger charge is -2.33. The number of anilines is 1. The summed E-state index contributed by atoms with van der Waals surface area (Å²) in [7, 11) is -3.32. The second-order valence-electron chi connectivity index (χ2n) is 8.49. The molecule has 0 spiro atoms. The lowest BCUT2D eigenvalue weighted by molar-refractivity contribution is 0.100. The molecular weight excluding hydrogens is 416 g/mol. The van der Waals surface area contributed by atoms with Crippen LogP contribution in [0.1, 0.15) is 36.8 Å². The number of hydrogen-bond acceptors (Lipinski definition) is 6. The summed E-state index contributed by atoms with van der Waals surface area (Å²) in [6.45, 7) is 7.96. The third kappa shape index (κ3) is 5.20. The summed E-state index contributed by atoms with van der Waals surface area (Å²) < 4.78 is 27.3. The predicted octanol–water partition coefficient (Wildman–Crippen LogP) is 2.18. The number of nitrogens with two attached hydrogens (primary N) is 1. The van der Waals surface area contributed by atoms with E-state index in [0.29, 0.717) is 11.2 Å². The highest BCUT2D eigenvalue weighted by Gasteiger charge is 2.29. The van der Waals surface area contributed by atoms with Crippen molar-refractivity contribution in [2.24, 2.45) is 11.1 Å². The van der Waals surface area contributed by atoms with Crippen LogP contribution >= 0.6 is 0 Å². The maximum Gasteiger partial charge on any atom is 0.252 e. The molecule has 0 bridgehead atoms. The van der Waals surface area contributed by atoms with E-state index in [1.807, 2.05) is 52.1 Å². The monoisotopic (exact) mass is 444 g/mol. The number of pyridine rings is 1. The first-order chi connectivity index (χ1) is 14.4. The summed E-state index contributed by atoms with van der Waals surface area (Å²) in [6.07, 6.45) is 6.21. The van der Waals surface area contributed by atoms with Crippen LogP contribution in [0.3, 0.4) is 0 Å². The van der Waals surface area contributed by atoms with Gasteiger partial charge in [0, 0.05) is 41.8 Å². The molecule has 9 nitrogen and oxygen atoms in total. The van der Waals surface area contributed by atoms with Gasteiger partial charge in [0.2, 0.25) is 10.0 Å². The molecule has 0 fully saturated rings. The Balaban J connectivity index is 2.01. The molecule has 3 rings (SSSR count). The van der Waals surface area contributed by atoms with Gasteiger partial charge in [-0.15, -0.1) is 0 Å². The molecule has 1 atom stereocenters. The predicted molar refractivity (Wildman–Crippen MR) is 121 cm³/mol. The van der Waals surface area contributed by atoms with E-state index < -0.39 is 21.3 Å². The molecule has 4 N–H and O–H groups in total. The number of carbonyl (C=O) groups is 1. The zero-order chi connectivity index (χ0) is 23.0. The minimum absolute atomic E-state index is 0.203. The molecule has 3 heterocycles. The number of aryl methyl sites for hydroxylation is 1. The zero-order valence-electron chi connectivity index (χ0n) is 18.3. The molecule has 0 aliphatic carbocycles. The molecule has 0 aliphatic heterocycles. The lowest BCUT2D eigenvalue weighted by Crippen LogP contribution is -2.43. The molecule has 10 heteroatoms. The van der Waals surface area contributed by atoms with Crippen LogP contribution in [0.15, 0.2) is 36.8 Å². The molecule has 0 aromatic carbocycles. The molecule has 166 valence electrons. The highest BCUT2D eigenvalue weighted by Crippen LogP contribution is 2.31. The van der Waals surface area contributed by atoms with Crippen molar-refractivity contribution in [1.29, 1.82) is 0 Å². The molecular formula is C21H28N6O3S. The number of rotatable bonds is 8. The number of fused-ring (bicyclic) bond motifs is 1. The maximum absolute atomic E-state index is 12.1. The molecule has 0 saturated heterocycles. The summed E-state index contributed by atoms with van der Waals surface area (Å²) >= 11 is 0. The van der Waals surface area contributed by atoms with Crippen molar-refractivity contribution in [2.75, 3.05) is 18.1 Å². The van der Waals surface area contributed by atoms with E-state index in [-0.39, 0.29) is 18.2 Å². The fourth-order valence-corrected chi connectivity index (χ4v) is 3.71. The van der Waals surface area contributed by atoms with Crippen molar-refractivity contribution in [1.82, 2.24) is 19.3 Å². The molecule has 31 heavy (non-hydrogen) atoms. The summed E-state index contributed by atoms with van der Waals surface area (Å²) in [4.78, 5) is 16.4. The van der Waals surface area contributed by atoms with Gasteiger partial charge in [-0.25, -0.2) is 17.7 Å². The van der Waals surface area contributed by atoms with Crippen LogP contribution in [0.25, 0.3) is 16.6 Å². The van der Waals surface area contributed by atoms with Crippen LogP contribution in [0, 0.1) is 12.3 Å². The SMILES string of the molecule is Cc1ccc(-c2cc3c(NC(C)C(C)(C)CNS(C)(=O)=O)c(C(N)=O)cnn3c2)cn1. The third-order valence-electron chi connectivity index (χ3n) is 5.47. The first-order valence-corrected chi connectivity index (χ1v) is 11.7. The van der Waals surface area contributed by atoms with Gasteiger partial charge in [-0.05, 0) is 31.4 Å². The first-order valence-electron chi connectivity index (χ1n) is 9.83. The Hall–Kier alpha value is -2.98. The van der Waals surface area contributed by atoms with Gasteiger partial charge in [0.05, 0.1) is 29.2 Å². The average molecular weight is 445 g/mol. The second kappa shape index (κ2) is 8.27. The Morgan fingerprint density at radius 2 is 1.97 bits per heavy atom. The fraction of sp³-hybridized carbons (Fsp3) is 0.381. The topological polar surface area (TPSA) is 131 Å². The van der Waals surface area contributed by atoms with Gasteiger partial charge < -0.3 is 11.1 Å². The molecule has 0 radical (unpaired) electrons.